The van der Waals surface area contributed by atoms with Gasteiger partial charge in [0.2, 0.25) is 0 Å². The van der Waals surface area contributed by atoms with E-state index in [9.17, 15) is 0 Å². The summed E-state index contributed by atoms with van der Waals surface area (Å²) in [5.74, 6) is 5.90. The molecule has 0 aliphatic carbocycles. The third kappa shape index (κ3) is 9.36. The Bertz CT molecular complexity index is 206. The van der Waals surface area contributed by atoms with Crippen LogP contribution in [0.25, 0.3) is 0 Å². The van der Waals surface area contributed by atoms with Crippen LogP contribution in [-0.2, 0) is 0 Å². The second kappa shape index (κ2) is 12.8. The van der Waals surface area contributed by atoms with E-state index in [4.69, 9.17) is 20.4 Å². The second-order valence-corrected chi connectivity index (χ2v) is 3.80. The Labute approximate surface area is 108 Å². The van der Waals surface area contributed by atoms with Crippen LogP contribution >= 0.6 is 0 Å². The Balaban J connectivity index is 3.97. The van der Waals surface area contributed by atoms with Gasteiger partial charge in [-0.3, -0.25) is 9.80 Å². The third-order valence-corrected chi connectivity index (χ3v) is 2.40. The van der Waals surface area contributed by atoms with Crippen LogP contribution < -0.4 is 0 Å². The Morgan fingerprint density at radius 2 is 0.833 bits per heavy atom. The van der Waals surface area contributed by atoms with Crippen molar-refractivity contribution in [2.24, 2.45) is 0 Å². The predicted molar refractivity (Wildman–Crippen MR) is 69.0 cm³/mol. The van der Waals surface area contributed by atoms with Crippen LogP contribution in [0.3, 0.4) is 0 Å². The second-order valence-electron chi connectivity index (χ2n) is 3.80. The third-order valence-electron chi connectivity index (χ3n) is 2.40. The molecule has 0 aliphatic heterocycles. The van der Waals surface area contributed by atoms with Gasteiger partial charge in [-0.2, -0.15) is 0 Å². The maximum atomic E-state index is 8.81. The number of aliphatic hydroxyl groups excluding tert-OH is 4. The van der Waals surface area contributed by atoms with E-state index < -0.39 is 0 Å². The lowest BCUT2D eigenvalue weighted by Crippen LogP contribution is -2.31. The minimum atomic E-state index is 0.0445. The smallest absolute Gasteiger partial charge is 0.0603 e. The molecule has 0 aromatic heterocycles. The molecule has 0 saturated carbocycles. The van der Waals surface area contributed by atoms with Crippen molar-refractivity contribution in [2.45, 2.75) is 0 Å². The summed E-state index contributed by atoms with van der Waals surface area (Å²) in [6, 6.07) is 0. The van der Waals surface area contributed by atoms with Crippen LogP contribution in [0.5, 0.6) is 0 Å². The van der Waals surface area contributed by atoms with Gasteiger partial charge in [0.15, 0.2) is 0 Å². The zero-order valence-electron chi connectivity index (χ0n) is 10.8. The summed E-state index contributed by atoms with van der Waals surface area (Å²) < 4.78 is 0. The highest BCUT2D eigenvalue weighted by molar-refractivity contribution is 5.03. The first-order chi connectivity index (χ1) is 8.78. The van der Waals surface area contributed by atoms with E-state index >= 15 is 0 Å². The molecule has 0 rings (SSSR count). The van der Waals surface area contributed by atoms with E-state index in [2.05, 4.69) is 11.8 Å². The minimum Gasteiger partial charge on any atom is -0.395 e. The standard InChI is InChI=1S/C12H24N2O4/c15-9-5-13(6-10-16)3-1-2-4-14(7-11-17)8-12-18/h15-18H,3-12H2. The molecule has 0 heterocycles. The maximum absolute atomic E-state index is 8.81. The molecule has 0 fully saturated rings. The topological polar surface area (TPSA) is 87.4 Å². The summed E-state index contributed by atoms with van der Waals surface area (Å²) in [7, 11) is 0. The number of aliphatic hydroxyl groups is 4. The van der Waals surface area contributed by atoms with Crippen molar-refractivity contribution in [3.63, 3.8) is 0 Å². The highest BCUT2D eigenvalue weighted by Crippen LogP contribution is 1.87. The molecule has 4 N–H and O–H groups in total. The summed E-state index contributed by atoms with van der Waals surface area (Å²) in [6.45, 7) is 3.13. The van der Waals surface area contributed by atoms with Crippen LogP contribution in [0.15, 0.2) is 0 Å². The van der Waals surface area contributed by atoms with E-state index in [1.54, 1.807) is 0 Å². The number of rotatable bonds is 10. The molecule has 0 spiro atoms. The lowest BCUT2D eigenvalue weighted by atomic mass is 10.4. The summed E-state index contributed by atoms with van der Waals surface area (Å²) >= 11 is 0. The van der Waals surface area contributed by atoms with E-state index in [1.807, 2.05) is 9.80 Å². The summed E-state index contributed by atoms with van der Waals surface area (Å²) in [5, 5.41) is 35.3. The average Bonchev–Trinajstić information content (AvgIpc) is 2.35. The molecular weight excluding hydrogens is 236 g/mol. The molecule has 6 heteroatoms. The SMILES string of the molecule is OCCN(CC#CCN(CCO)CCO)CCO. The fourth-order valence-electron chi connectivity index (χ4n) is 1.44. The van der Waals surface area contributed by atoms with Gasteiger partial charge in [-0.05, 0) is 0 Å². The summed E-state index contributed by atoms with van der Waals surface area (Å²) in [4.78, 5) is 3.71. The first kappa shape index (κ1) is 17.3. The molecule has 0 saturated heterocycles. The van der Waals surface area contributed by atoms with Gasteiger partial charge in [0.25, 0.3) is 0 Å². The van der Waals surface area contributed by atoms with Crippen LogP contribution in [0.4, 0.5) is 0 Å². The highest BCUT2D eigenvalue weighted by Gasteiger charge is 2.01. The maximum Gasteiger partial charge on any atom is 0.0603 e. The van der Waals surface area contributed by atoms with Crippen molar-refractivity contribution in [3.8, 4) is 11.8 Å². The minimum absolute atomic E-state index is 0.0445. The van der Waals surface area contributed by atoms with Crippen LogP contribution in [0.1, 0.15) is 0 Å². The summed E-state index contributed by atoms with van der Waals surface area (Å²) in [5.41, 5.74) is 0. The van der Waals surface area contributed by atoms with E-state index in [1.165, 1.54) is 0 Å². The zero-order valence-corrected chi connectivity index (χ0v) is 10.8. The molecule has 0 radical (unpaired) electrons. The Hall–Kier alpha value is -0.680. The van der Waals surface area contributed by atoms with Gasteiger partial charge in [-0.15, -0.1) is 0 Å². The van der Waals surface area contributed by atoms with Gasteiger partial charge in [0.1, 0.15) is 0 Å². The summed E-state index contributed by atoms with van der Waals surface area (Å²) in [6.07, 6.45) is 0. The monoisotopic (exact) mass is 260 g/mol. The molecule has 0 bridgehead atoms. The van der Waals surface area contributed by atoms with Crippen LogP contribution in [0, 0.1) is 11.8 Å². The first-order valence-electron chi connectivity index (χ1n) is 6.12. The Morgan fingerprint density at radius 3 is 1.06 bits per heavy atom. The first-order valence-corrected chi connectivity index (χ1v) is 6.12. The zero-order chi connectivity index (χ0) is 13.6. The van der Waals surface area contributed by atoms with E-state index in [0.29, 0.717) is 39.3 Å². The number of hydrogen-bond donors (Lipinski definition) is 4. The molecule has 0 amide bonds. The van der Waals surface area contributed by atoms with E-state index in [-0.39, 0.29) is 26.4 Å². The molecular formula is C12H24N2O4. The van der Waals surface area contributed by atoms with Crippen molar-refractivity contribution in [1.82, 2.24) is 9.80 Å². The molecule has 0 aromatic rings. The average molecular weight is 260 g/mol. The predicted octanol–water partition coefficient (Wildman–Crippen LogP) is -2.44. The van der Waals surface area contributed by atoms with Crippen molar-refractivity contribution in [3.05, 3.63) is 0 Å². The van der Waals surface area contributed by atoms with Crippen molar-refractivity contribution >= 4 is 0 Å². The lowest BCUT2D eigenvalue weighted by molar-refractivity contribution is 0.171. The molecule has 0 aromatic carbocycles. The van der Waals surface area contributed by atoms with Gasteiger partial charge < -0.3 is 20.4 Å². The fraction of sp³-hybridized carbons (Fsp3) is 0.833. The Kier molecular flexibility index (Phi) is 12.3. The molecule has 0 atom stereocenters. The molecule has 0 aliphatic rings. The molecule has 0 unspecified atom stereocenters. The normalized spacial score (nSPS) is 10.8. The molecule has 18 heavy (non-hydrogen) atoms. The number of hydrogen-bond acceptors (Lipinski definition) is 6. The van der Waals surface area contributed by atoms with E-state index in [0.717, 1.165) is 0 Å². The van der Waals surface area contributed by atoms with Gasteiger partial charge in [0, 0.05) is 26.2 Å². The van der Waals surface area contributed by atoms with Gasteiger partial charge >= 0.3 is 0 Å². The van der Waals surface area contributed by atoms with Gasteiger partial charge in [-0.1, -0.05) is 11.8 Å². The van der Waals surface area contributed by atoms with Crippen molar-refractivity contribution in [1.29, 1.82) is 0 Å². The molecule has 6 nitrogen and oxygen atoms in total. The number of nitrogens with zero attached hydrogens (tertiary/aromatic N) is 2. The van der Waals surface area contributed by atoms with Gasteiger partial charge in [-0.25, -0.2) is 0 Å². The van der Waals surface area contributed by atoms with Crippen LogP contribution in [-0.4, -0.2) is 95.9 Å². The Morgan fingerprint density at radius 1 is 0.556 bits per heavy atom. The fourth-order valence-corrected chi connectivity index (χ4v) is 1.44. The highest BCUT2D eigenvalue weighted by atomic mass is 16.3. The van der Waals surface area contributed by atoms with Crippen molar-refractivity contribution in [2.75, 3.05) is 65.7 Å². The van der Waals surface area contributed by atoms with Gasteiger partial charge in [0.05, 0.1) is 39.5 Å². The lowest BCUT2D eigenvalue weighted by Gasteiger charge is -2.17. The molecule has 106 valence electrons. The quantitative estimate of drug-likeness (QED) is 0.327. The van der Waals surface area contributed by atoms with Crippen molar-refractivity contribution < 1.29 is 20.4 Å². The largest absolute Gasteiger partial charge is 0.395 e. The van der Waals surface area contributed by atoms with Crippen LogP contribution in [0.2, 0.25) is 0 Å².